The van der Waals surface area contributed by atoms with E-state index < -0.39 is 39.2 Å². The SMILES string of the molecule is CCN(C)S(=O)(=O)Nc1ccc(F)c(Oc2ccc3ncn([C@H]4COC5(CCN(C(=O)CN6CCN(c7cc8c(cc7F)c(N7CCC(=O)NC7=O)nn8C)CC6)CC5)C4)c(=O)c3c2)c1C#N. The fourth-order valence-corrected chi connectivity index (χ4v) is 10.1. The Hall–Kier alpha value is -6.74. The van der Waals surface area contributed by atoms with Crippen LogP contribution in [-0.4, -0.2) is 138 Å². The molecular weight excluding hydrogens is 895 g/mol. The molecule has 6 heterocycles. The molecule has 2 N–H and O–H groups in total. The third kappa shape index (κ3) is 8.72. The number of anilines is 3. The van der Waals surface area contributed by atoms with Gasteiger partial charge in [-0.2, -0.15) is 23.1 Å². The van der Waals surface area contributed by atoms with Crippen LogP contribution in [0.3, 0.4) is 0 Å². The summed E-state index contributed by atoms with van der Waals surface area (Å²) < 4.78 is 74.8. The number of piperazine rings is 1. The number of benzene rings is 3. The summed E-state index contributed by atoms with van der Waals surface area (Å²) in [6, 6.07) is 10.5. The van der Waals surface area contributed by atoms with Gasteiger partial charge in [0, 0.05) is 78.3 Å². The molecule has 1 atom stereocenters. The van der Waals surface area contributed by atoms with Crippen LogP contribution in [0, 0.1) is 23.0 Å². The summed E-state index contributed by atoms with van der Waals surface area (Å²) in [4.78, 5) is 63.4. The largest absolute Gasteiger partial charge is 0.453 e. The van der Waals surface area contributed by atoms with Crippen molar-refractivity contribution in [2.75, 3.05) is 87.1 Å². The Morgan fingerprint density at radius 3 is 2.51 bits per heavy atom. The summed E-state index contributed by atoms with van der Waals surface area (Å²) >= 11 is 0. The number of imide groups is 1. The molecule has 2 aromatic heterocycles. The smallest absolute Gasteiger partial charge is 0.329 e. The van der Waals surface area contributed by atoms with E-state index in [1.54, 1.807) is 24.7 Å². The first-order valence-corrected chi connectivity index (χ1v) is 23.3. The first-order chi connectivity index (χ1) is 32.1. The molecular formula is C44H48F2N12O8S. The molecule has 352 valence electrons. The molecule has 5 aromatic rings. The Morgan fingerprint density at radius 2 is 1.79 bits per heavy atom. The molecule has 67 heavy (non-hydrogen) atoms. The summed E-state index contributed by atoms with van der Waals surface area (Å²) in [6.45, 7) is 5.41. The maximum atomic E-state index is 15.7. The number of amides is 4. The van der Waals surface area contributed by atoms with Crippen LogP contribution in [0.25, 0.3) is 21.8 Å². The van der Waals surface area contributed by atoms with Crippen LogP contribution in [0.4, 0.5) is 30.8 Å². The van der Waals surface area contributed by atoms with E-state index in [-0.39, 0.29) is 84.3 Å². The fourth-order valence-electron chi connectivity index (χ4n) is 9.20. The molecule has 9 rings (SSSR count). The van der Waals surface area contributed by atoms with Gasteiger partial charge in [0.25, 0.3) is 5.56 Å². The number of nitriles is 1. The van der Waals surface area contributed by atoms with Gasteiger partial charge in [0.1, 0.15) is 23.2 Å². The zero-order chi connectivity index (χ0) is 47.4. The number of piperidine rings is 1. The second-order valence-corrected chi connectivity index (χ2v) is 19.0. The molecule has 4 amide bonds. The summed E-state index contributed by atoms with van der Waals surface area (Å²) in [7, 11) is -0.970. The zero-order valence-electron chi connectivity index (χ0n) is 37.0. The Labute approximate surface area is 383 Å². The molecule has 0 unspecified atom stereocenters. The van der Waals surface area contributed by atoms with E-state index in [4.69, 9.17) is 9.47 Å². The van der Waals surface area contributed by atoms with E-state index in [0.717, 1.165) is 16.4 Å². The molecule has 0 saturated carbocycles. The lowest BCUT2D eigenvalue weighted by molar-refractivity contribution is -0.137. The standard InChI is InChI=1S/C44H48F2N12O8S/c1-4-52(2)67(63,64)51-35-8-6-32(45)40(31(35)23-47)66-28-5-7-34-29(19-28)42(61)58(26-48-34)27-22-44(65-25-27)10-13-56(14-11-44)39(60)24-54-15-17-55(18-16-54)37-21-36-30(20-33(37)46)41(50-53(36)3)57-12-9-38(59)49-43(57)62/h5-8,19-21,26-27,51H,4,9-18,22,24-25H2,1-3H3,(H,49,59,62)/t27-/m1/s1. The quantitative estimate of drug-likeness (QED) is 0.194. The first kappa shape index (κ1) is 45.4. The van der Waals surface area contributed by atoms with Gasteiger partial charge in [0.05, 0.1) is 58.9 Å². The number of nitrogens with one attached hydrogen (secondary N) is 2. The normalized spacial score (nSPS) is 19.1. The van der Waals surface area contributed by atoms with E-state index in [2.05, 4.69) is 25.0 Å². The monoisotopic (exact) mass is 942 g/mol. The minimum absolute atomic E-state index is 0.0109. The number of carbonyl (C=O) groups excluding carboxylic acids is 3. The van der Waals surface area contributed by atoms with Gasteiger partial charge in [-0.05, 0) is 61.7 Å². The lowest BCUT2D eigenvalue weighted by Gasteiger charge is -2.40. The molecule has 0 radical (unpaired) electrons. The average Bonchev–Trinajstić information content (AvgIpc) is 3.86. The highest BCUT2D eigenvalue weighted by Crippen LogP contribution is 2.41. The number of carbonyl (C=O) groups is 3. The highest BCUT2D eigenvalue weighted by atomic mass is 32.2. The van der Waals surface area contributed by atoms with Crippen molar-refractivity contribution in [1.29, 1.82) is 5.26 Å². The minimum Gasteiger partial charge on any atom is -0.453 e. The lowest BCUT2D eigenvalue weighted by atomic mass is 9.87. The number of nitrogens with zero attached hydrogens (tertiary/aromatic N) is 10. The van der Waals surface area contributed by atoms with Gasteiger partial charge in [-0.15, -0.1) is 0 Å². The highest BCUT2D eigenvalue weighted by molar-refractivity contribution is 7.90. The number of hydrogen-bond donors (Lipinski definition) is 2. The van der Waals surface area contributed by atoms with Crippen LogP contribution in [0.15, 0.2) is 53.6 Å². The van der Waals surface area contributed by atoms with Crippen molar-refractivity contribution in [2.45, 2.75) is 44.2 Å². The van der Waals surface area contributed by atoms with Crippen LogP contribution >= 0.6 is 0 Å². The first-order valence-electron chi connectivity index (χ1n) is 21.9. The molecule has 4 saturated heterocycles. The van der Waals surface area contributed by atoms with Crippen LogP contribution in [0.1, 0.15) is 44.2 Å². The van der Waals surface area contributed by atoms with Gasteiger partial charge >= 0.3 is 16.2 Å². The van der Waals surface area contributed by atoms with Crippen LogP contribution < -0.4 is 30.1 Å². The van der Waals surface area contributed by atoms with E-state index in [0.29, 0.717) is 80.6 Å². The number of halogens is 2. The number of urea groups is 1. The number of aromatic nitrogens is 4. The third-order valence-corrected chi connectivity index (χ3v) is 14.7. The molecule has 20 nitrogen and oxygen atoms in total. The van der Waals surface area contributed by atoms with E-state index in [1.807, 2.05) is 15.9 Å². The molecule has 4 fully saturated rings. The lowest BCUT2D eigenvalue weighted by Crippen LogP contribution is -2.52. The van der Waals surface area contributed by atoms with Crippen molar-refractivity contribution in [3.8, 4) is 17.6 Å². The van der Waals surface area contributed by atoms with E-state index in [1.165, 1.54) is 47.1 Å². The molecule has 3 aromatic carbocycles. The Morgan fingerprint density at radius 1 is 1.03 bits per heavy atom. The maximum Gasteiger partial charge on any atom is 0.329 e. The van der Waals surface area contributed by atoms with Crippen molar-refractivity contribution in [2.24, 2.45) is 7.05 Å². The second-order valence-electron chi connectivity index (χ2n) is 17.2. The predicted octanol–water partition coefficient (Wildman–Crippen LogP) is 3.42. The van der Waals surface area contributed by atoms with E-state index in [9.17, 15) is 32.9 Å². The summed E-state index contributed by atoms with van der Waals surface area (Å²) in [6.07, 6.45) is 3.26. The predicted molar refractivity (Wildman–Crippen MR) is 241 cm³/mol. The second kappa shape index (κ2) is 17.8. The van der Waals surface area contributed by atoms with Gasteiger partial charge in [0.2, 0.25) is 11.8 Å². The molecule has 23 heteroatoms. The van der Waals surface area contributed by atoms with Crippen molar-refractivity contribution < 1.29 is 41.1 Å². The Kier molecular flexibility index (Phi) is 12.1. The van der Waals surface area contributed by atoms with E-state index >= 15 is 8.78 Å². The zero-order valence-corrected chi connectivity index (χ0v) is 37.8. The molecule has 4 aliphatic rings. The molecule has 1 spiro atoms. The number of rotatable bonds is 11. The fraction of sp³-hybridized carbons (Fsp3) is 0.432. The summed E-state index contributed by atoms with van der Waals surface area (Å²) in [5.41, 5.74) is -0.0820. The average molecular weight is 943 g/mol. The van der Waals surface area contributed by atoms with Crippen LogP contribution in [0.2, 0.25) is 0 Å². The molecule has 0 bridgehead atoms. The summed E-state index contributed by atoms with van der Waals surface area (Å²) in [5, 5.41) is 17.3. The summed E-state index contributed by atoms with van der Waals surface area (Å²) in [5.74, 6) is -1.95. The van der Waals surface area contributed by atoms with Crippen LogP contribution in [0.5, 0.6) is 11.5 Å². The minimum atomic E-state index is -4.04. The van der Waals surface area contributed by atoms with Crippen molar-refractivity contribution in [1.82, 2.24) is 38.8 Å². The Bertz CT molecular complexity index is 3030. The number of aryl methyl sites for hydroxylation is 1. The highest BCUT2D eigenvalue weighted by Gasteiger charge is 2.44. The van der Waals surface area contributed by atoms with Gasteiger partial charge in [0.15, 0.2) is 17.4 Å². The number of hydrogen-bond acceptors (Lipinski definition) is 13. The maximum absolute atomic E-state index is 15.7. The van der Waals surface area contributed by atoms with Crippen LogP contribution in [-0.2, 0) is 31.6 Å². The Balaban J connectivity index is 0.801. The van der Waals surface area contributed by atoms with Gasteiger partial charge in [-0.3, -0.25) is 43.5 Å². The number of ether oxygens (including phenoxy) is 2. The molecule has 0 aliphatic carbocycles. The number of likely N-dealkylation sites (tertiary alicyclic amines) is 1. The number of fused-ring (bicyclic) bond motifs is 2. The van der Waals surface area contributed by atoms with Gasteiger partial charge in [-0.25, -0.2) is 18.6 Å². The molecule has 4 aliphatic heterocycles. The van der Waals surface area contributed by atoms with Crippen molar-refractivity contribution in [3.05, 3.63) is 76.3 Å². The third-order valence-electron chi connectivity index (χ3n) is 13.2. The topological polar surface area (TPSA) is 221 Å². The van der Waals surface area contributed by atoms with Gasteiger partial charge in [-0.1, -0.05) is 6.92 Å². The van der Waals surface area contributed by atoms with Crippen molar-refractivity contribution >= 4 is 67.1 Å². The van der Waals surface area contributed by atoms with Crippen molar-refractivity contribution in [3.63, 3.8) is 0 Å². The van der Waals surface area contributed by atoms with Gasteiger partial charge < -0.3 is 19.3 Å².